The molecule has 1 saturated heterocycles. The Kier molecular flexibility index (Phi) is 8.45. The van der Waals surface area contributed by atoms with Gasteiger partial charge < -0.3 is 25.0 Å². The standard InChI is InChI=1S/C19H34N4O3.HI/c1-4-25-16-13-15(19(16)9-6-10-19)22-17(20-3)21-14-7-11-23(12-8-14)18(24)26-5-2;/h14-16H,4-13H2,1-3H3,(H2,20,21,22);1H. The Morgan fingerprint density at radius 1 is 1.19 bits per heavy atom. The highest BCUT2D eigenvalue weighted by molar-refractivity contribution is 14.0. The van der Waals surface area contributed by atoms with Crippen LogP contribution in [0.5, 0.6) is 0 Å². The first-order valence-electron chi connectivity index (χ1n) is 10.2. The maximum atomic E-state index is 11.8. The normalized spacial score (nSPS) is 27.2. The Morgan fingerprint density at radius 2 is 1.89 bits per heavy atom. The van der Waals surface area contributed by atoms with Gasteiger partial charge in [0.2, 0.25) is 0 Å². The molecule has 8 heteroatoms. The third-order valence-electron chi connectivity index (χ3n) is 6.33. The minimum Gasteiger partial charge on any atom is -0.450 e. The van der Waals surface area contributed by atoms with Gasteiger partial charge in [-0.3, -0.25) is 4.99 Å². The van der Waals surface area contributed by atoms with Crippen LogP contribution in [0.25, 0.3) is 0 Å². The molecule has 1 heterocycles. The molecule has 2 N–H and O–H groups in total. The summed E-state index contributed by atoms with van der Waals surface area (Å²) in [5.74, 6) is 0.880. The largest absolute Gasteiger partial charge is 0.450 e. The number of nitrogens with zero attached hydrogens (tertiary/aromatic N) is 2. The van der Waals surface area contributed by atoms with Crippen LogP contribution in [-0.4, -0.2) is 68.5 Å². The van der Waals surface area contributed by atoms with Gasteiger partial charge in [0.15, 0.2) is 5.96 Å². The number of hydrogen-bond donors (Lipinski definition) is 2. The van der Waals surface area contributed by atoms with Gasteiger partial charge in [-0.2, -0.15) is 0 Å². The predicted octanol–water partition coefficient (Wildman–Crippen LogP) is 2.74. The van der Waals surface area contributed by atoms with Crippen molar-refractivity contribution in [2.45, 2.75) is 70.6 Å². The summed E-state index contributed by atoms with van der Waals surface area (Å²) in [6.45, 7) is 6.61. The molecule has 1 aliphatic heterocycles. The monoisotopic (exact) mass is 494 g/mol. The number of ether oxygens (including phenoxy) is 2. The van der Waals surface area contributed by atoms with Gasteiger partial charge in [0.25, 0.3) is 0 Å². The number of carbonyl (C=O) groups excluding carboxylic acids is 1. The van der Waals surface area contributed by atoms with E-state index in [9.17, 15) is 4.79 Å². The number of likely N-dealkylation sites (tertiary alicyclic amines) is 1. The second-order valence-electron chi connectivity index (χ2n) is 7.64. The van der Waals surface area contributed by atoms with Crippen molar-refractivity contribution in [3.05, 3.63) is 0 Å². The number of guanidine groups is 1. The summed E-state index contributed by atoms with van der Waals surface area (Å²) in [5.41, 5.74) is 0.320. The molecule has 7 nitrogen and oxygen atoms in total. The molecule has 2 atom stereocenters. The molecule has 2 saturated carbocycles. The van der Waals surface area contributed by atoms with E-state index in [0.717, 1.165) is 44.9 Å². The van der Waals surface area contributed by atoms with Gasteiger partial charge in [-0.15, -0.1) is 24.0 Å². The van der Waals surface area contributed by atoms with Crippen LogP contribution >= 0.6 is 24.0 Å². The van der Waals surface area contributed by atoms with Crippen molar-refractivity contribution >= 4 is 36.0 Å². The number of hydrogen-bond acceptors (Lipinski definition) is 4. The zero-order chi connectivity index (χ0) is 18.6. The minimum atomic E-state index is -0.197. The average molecular weight is 494 g/mol. The summed E-state index contributed by atoms with van der Waals surface area (Å²) in [4.78, 5) is 18.0. The van der Waals surface area contributed by atoms with E-state index in [1.54, 1.807) is 4.90 Å². The summed E-state index contributed by atoms with van der Waals surface area (Å²) in [6.07, 6.45) is 6.92. The van der Waals surface area contributed by atoms with Crippen molar-refractivity contribution in [3.63, 3.8) is 0 Å². The molecule has 3 fully saturated rings. The van der Waals surface area contributed by atoms with E-state index in [4.69, 9.17) is 9.47 Å². The van der Waals surface area contributed by atoms with Crippen LogP contribution in [-0.2, 0) is 9.47 Å². The summed E-state index contributed by atoms with van der Waals surface area (Å²) in [6, 6.07) is 0.797. The number of nitrogens with one attached hydrogen (secondary N) is 2. The fourth-order valence-electron chi connectivity index (χ4n) is 4.59. The fourth-order valence-corrected chi connectivity index (χ4v) is 4.59. The Hall–Kier alpha value is -0.770. The van der Waals surface area contributed by atoms with Gasteiger partial charge in [0, 0.05) is 44.2 Å². The van der Waals surface area contributed by atoms with Crippen molar-refractivity contribution < 1.29 is 14.3 Å². The topological polar surface area (TPSA) is 75.2 Å². The number of rotatable bonds is 5. The molecule has 2 unspecified atom stereocenters. The quantitative estimate of drug-likeness (QED) is 0.349. The Labute approximate surface area is 180 Å². The summed E-state index contributed by atoms with van der Waals surface area (Å²) >= 11 is 0. The van der Waals surface area contributed by atoms with Crippen LogP contribution in [0.1, 0.15) is 52.4 Å². The van der Waals surface area contributed by atoms with Gasteiger partial charge in [-0.1, -0.05) is 6.42 Å². The van der Waals surface area contributed by atoms with Crippen molar-refractivity contribution in [2.24, 2.45) is 10.4 Å². The van der Waals surface area contributed by atoms with Crippen molar-refractivity contribution in [2.75, 3.05) is 33.4 Å². The first-order chi connectivity index (χ1) is 12.6. The lowest BCUT2D eigenvalue weighted by molar-refractivity contribution is -0.168. The molecule has 1 amide bonds. The highest BCUT2D eigenvalue weighted by Gasteiger charge is 2.59. The Morgan fingerprint density at radius 3 is 2.41 bits per heavy atom. The molecular formula is C19H35IN4O3. The molecule has 0 bridgehead atoms. The smallest absolute Gasteiger partial charge is 0.409 e. The Bertz CT molecular complexity index is 519. The van der Waals surface area contributed by atoms with Gasteiger partial charge in [0.1, 0.15) is 0 Å². The molecule has 0 aromatic rings. The lowest BCUT2D eigenvalue weighted by atomic mass is 9.51. The van der Waals surface area contributed by atoms with Gasteiger partial charge in [-0.05, 0) is 46.0 Å². The van der Waals surface area contributed by atoms with E-state index in [1.807, 2.05) is 14.0 Å². The van der Waals surface area contributed by atoms with Crippen LogP contribution in [0.15, 0.2) is 4.99 Å². The predicted molar refractivity (Wildman–Crippen MR) is 117 cm³/mol. The second kappa shape index (κ2) is 10.1. The average Bonchev–Trinajstić information content (AvgIpc) is 2.59. The highest BCUT2D eigenvalue weighted by Crippen LogP contribution is 2.57. The molecule has 0 radical (unpaired) electrons. The van der Waals surface area contributed by atoms with Crippen molar-refractivity contribution in [1.29, 1.82) is 0 Å². The maximum Gasteiger partial charge on any atom is 0.409 e. The van der Waals surface area contributed by atoms with Crippen LogP contribution < -0.4 is 10.6 Å². The first-order valence-corrected chi connectivity index (χ1v) is 10.2. The lowest BCUT2D eigenvalue weighted by Gasteiger charge is -2.61. The van der Waals surface area contributed by atoms with Gasteiger partial charge >= 0.3 is 6.09 Å². The number of aliphatic imine (C=N–C) groups is 1. The lowest BCUT2D eigenvalue weighted by Crippen LogP contribution is -2.69. The molecular weight excluding hydrogens is 459 g/mol. The third-order valence-corrected chi connectivity index (χ3v) is 6.33. The van der Waals surface area contributed by atoms with E-state index in [1.165, 1.54) is 19.3 Å². The Balaban J connectivity index is 0.00000261. The second-order valence-corrected chi connectivity index (χ2v) is 7.64. The molecule has 27 heavy (non-hydrogen) atoms. The summed E-state index contributed by atoms with van der Waals surface area (Å²) in [7, 11) is 1.83. The van der Waals surface area contributed by atoms with E-state index in [-0.39, 0.29) is 30.1 Å². The van der Waals surface area contributed by atoms with Crippen LogP contribution in [0.4, 0.5) is 4.79 Å². The highest BCUT2D eigenvalue weighted by atomic mass is 127. The van der Waals surface area contributed by atoms with E-state index in [2.05, 4.69) is 22.5 Å². The van der Waals surface area contributed by atoms with Crippen LogP contribution in [0.2, 0.25) is 0 Å². The molecule has 2 aliphatic carbocycles. The molecule has 3 rings (SSSR count). The zero-order valence-corrected chi connectivity index (χ0v) is 19.2. The van der Waals surface area contributed by atoms with Crippen molar-refractivity contribution in [3.8, 4) is 0 Å². The minimum absolute atomic E-state index is 0. The summed E-state index contributed by atoms with van der Waals surface area (Å²) in [5, 5.41) is 7.19. The number of piperidine rings is 1. The molecule has 0 aromatic heterocycles. The van der Waals surface area contributed by atoms with Crippen LogP contribution in [0.3, 0.4) is 0 Å². The maximum absolute atomic E-state index is 11.8. The molecule has 3 aliphatic rings. The third kappa shape index (κ3) is 4.81. The van der Waals surface area contributed by atoms with Crippen molar-refractivity contribution in [1.82, 2.24) is 15.5 Å². The van der Waals surface area contributed by atoms with Crippen LogP contribution in [0, 0.1) is 5.41 Å². The number of halogens is 1. The zero-order valence-electron chi connectivity index (χ0n) is 16.8. The van der Waals surface area contributed by atoms with E-state index >= 15 is 0 Å². The first kappa shape index (κ1) is 22.5. The number of amides is 1. The fraction of sp³-hybridized carbons (Fsp3) is 0.895. The molecule has 156 valence electrons. The SMILES string of the molecule is CCOC(=O)N1CCC(NC(=NC)NC2CC(OCC)C23CCC3)CC1.I. The van der Waals surface area contributed by atoms with E-state index < -0.39 is 0 Å². The van der Waals surface area contributed by atoms with Gasteiger partial charge in [-0.25, -0.2) is 4.79 Å². The van der Waals surface area contributed by atoms with E-state index in [0.29, 0.717) is 30.2 Å². The molecule has 1 spiro atoms. The van der Waals surface area contributed by atoms with Gasteiger partial charge in [0.05, 0.1) is 12.7 Å². The molecule has 0 aromatic carbocycles. The number of carbonyl (C=O) groups is 1. The summed E-state index contributed by atoms with van der Waals surface area (Å²) < 4.78 is 11.0.